The second kappa shape index (κ2) is 6.91. The molecule has 1 aromatic rings. The third-order valence-electron chi connectivity index (χ3n) is 2.03. The number of carbonyl (C=O) groups is 1. The van der Waals surface area contributed by atoms with E-state index in [4.69, 9.17) is 9.57 Å². The van der Waals surface area contributed by atoms with E-state index in [1.165, 1.54) is 5.06 Å². The van der Waals surface area contributed by atoms with Crippen molar-refractivity contribution in [3.63, 3.8) is 0 Å². The molecule has 0 aliphatic carbocycles. The quantitative estimate of drug-likeness (QED) is 0.739. The van der Waals surface area contributed by atoms with Crippen molar-refractivity contribution in [2.45, 2.75) is 33.5 Å². The van der Waals surface area contributed by atoms with Gasteiger partial charge in [0.25, 0.3) is 0 Å². The summed E-state index contributed by atoms with van der Waals surface area (Å²) < 4.78 is 5.14. The topological polar surface area (TPSA) is 38.8 Å². The maximum atomic E-state index is 11.7. The summed E-state index contributed by atoms with van der Waals surface area (Å²) in [5.74, 6) is 0. The Morgan fingerprint density at radius 1 is 1.29 bits per heavy atom. The molecule has 0 saturated carbocycles. The van der Waals surface area contributed by atoms with Gasteiger partial charge in [0.05, 0.1) is 6.10 Å². The van der Waals surface area contributed by atoms with Crippen LogP contribution in [-0.4, -0.2) is 23.8 Å². The van der Waals surface area contributed by atoms with Crippen molar-refractivity contribution in [2.24, 2.45) is 0 Å². The molecule has 0 atom stereocenters. The van der Waals surface area contributed by atoms with Gasteiger partial charge in [-0.2, -0.15) is 5.06 Å². The normalized spacial score (nSPS) is 10.4. The first-order chi connectivity index (χ1) is 8.13. The first-order valence-corrected chi connectivity index (χ1v) is 5.78. The third-order valence-corrected chi connectivity index (χ3v) is 2.03. The number of hydrogen-bond donors (Lipinski definition) is 0. The lowest BCUT2D eigenvalue weighted by molar-refractivity contribution is -0.162. The molecule has 1 rings (SSSR count). The summed E-state index contributed by atoms with van der Waals surface area (Å²) in [6.07, 6.45) is -0.496. The van der Waals surface area contributed by atoms with Crippen molar-refractivity contribution in [1.82, 2.24) is 5.06 Å². The summed E-state index contributed by atoms with van der Waals surface area (Å²) in [6.45, 7) is 6.30. The number of rotatable bonds is 5. The van der Waals surface area contributed by atoms with Crippen molar-refractivity contribution < 1.29 is 14.4 Å². The monoisotopic (exact) mass is 237 g/mol. The van der Waals surface area contributed by atoms with Crippen molar-refractivity contribution >= 4 is 6.09 Å². The molecule has 0 aromatic heterocycles. The summed E-state index contributed by atoms with van der Waals surface area (Å²) in [6, 6.07) is 9.56. The number of benzene rings is 1. The maximum Gasteiger partial charge on any atom is 0.434 e. The first kappa shape index (κ1) is 13.5. The van der Waals surface area contributed by atoms with E-state index in [2.05, 4.69) is 0 Å². The molecule has 0 unspecified atom stereocenters. The van der Waals surface area contributed by atoms with Gasteiger partial charge in [-0.25, -0.2) is 4.79 Å². The predicted molar refractivity (Wildman–Crippen MR) is 65.2 cm³/mol. The van der Waals surface area contributed by atoms with E-state index in [0.717, 1.165) is 5.56 Å². The Morgan fingerprint density at radius 2 is 1.94 bits per heavy atom. The van der Waals surface area contributed by atoms with Crippen LogP contribution in [0.1, 0.15) is 26.3 Å². The fraction of sp³-hybridized carbons (Fsp3) is 0.462. The number of amides is 1. The molecule has 0 heterocycles. The van der Waals surface area contributed by atoms with E-state index in [1.54, 1.807) is 0 Å². The molecule has 94 valence electrons. The smallest absolute Gasteiger partial charge is 0.434 e. The van der Waals surface area contributed by atoms with Crippen molar-refractivity contribution in [3.05, 3.63) is 35.9 Å². The Labute approximate surface area is 102 Å². The standard InChI is InChI=1S/C13H19NO3/c1-4-14(17-11(2)3)13(15)16-10-12-8-6-5-7-9-12/h5-9,11H,4,10H2,1-3H3. The molecule has 0 radical (unpaired) electrons. The van der Waals surface area contributed by atoms with E-state index in [1.807, 2.05) is 51.1 Å². The minimum atomic E-state index is -0.454. The van der Waals surface area contributed by atoms with Crippen LogP contribution in [0.2, 0.25) is 0 Å². The molecular weight excluding hydrogens is 218 g/mol. The van der Waals surface area contributed by atoms with Crippen LogP contribution in [0.3, 0.4) is 0 Å². The Hall–Kier alpha value is -1.55. The second-order valence-electron chi connectivity index (χ2n) is 3.89. The molecule has 1 aromatic carbocycles. The van der Waals surface area contributed by atoms with Gasteiger partial charge in [0.15, 0.2) is 0 Å². The van der Waals surface area contributed by atoms with E-state index >= 15 is 0 Å². The second-order valence-corrected chi connectivity index (χ2v) is 3.89. The summed E-state index contributed by atoms with van der Waals surface area (Å²) >= 11 is 0. The van der Waals surface area contributed by atoms with E-state index in [-0.39, 0.29) is 12.7 Å². The SMILES string of the molecule is CCN(OC(C)C)C(=O)OCc1ccccc1. The van der Waals surface area contributed by atoms with E-state index < -0.39 is 6.09 Å². The Kier molecular flexibility index (Phi) is 5.49. The van der Waals surface area contributed by atoms with E-state index in [9.17, 15) is 4.79 Å². The molecule has 4 nitrogen and oxygen atoms in total. The van der Waals surface area contributed by atoms with Crippen LogP contribution in [0.15, 0.2) is 30.3 Å². The summed E-state index contributed by atoms with van der Waals surface area (Å²) in [5, 5.41) is 1.23. The van der Waals surface area contributed by atoms with Gasteiger partial charge in [-0.15, -0.1) is 0 Å². The molecule has 17 heavy (non-hydrogen) atoms. The highest BCUT2D eigenvalue weighted by molar-refractivity contribution is 5.66. The summed E-state index contributed by atoms with van der Waals surface area (Å²) in [5.41, 5.74) is 0.960. The molecule has 0 spiro atoms. The van der Waals surface area contributed by atoms with Crippen LogP contribution in [0.5, 0.6) is 0 Å². The average molecular weight is 237 g/mol. The minimum absolute atomic E-state index is 0.0424. The highest BCUT2D eigenvalue weighted by Gasteiger charge is 2.15. The molecule has 0 fully saturated rings. The van der Waals surface area contributed by atoms with Crippen LogP contribution in [0.4, 0.5) is 4.79 Å². The molecule has 0 aliphatic heterocycles. The van der Waals surface area contributed by atoms with Crippen LogP contribution < -0.4 is 0 Å². The number of nitrogens with zero attached hydrogens (tertiary/aromatic N) is 1. The van der Waals surface area contributed by atoms with E-state index in [0.29, 0.717) is 6.54 Å². The van der Waals surface area contributed by atoms with Crippen molar-refractivity contribution in [2.75, 3.05) is 6.54 Å². The molecule has 0 saturated heterocycles. The molecule has 1 amide bonds. The van der Waals surface area contributed by atoms with Gasteiger partial charge in [-0.05, 0) is 26.3 Å². The zero-order valence-corrected chi connectivity index (χ0v) is 10.6. The molecule has 0 bridgehead atoms. The van der Waals surface area contributed by atoms with Crippen LogP contribution in [0, 0.1) is 0 Å². The predicted octanol–water partition coefficient (Wildman–Crippen LogP) is 2.99. The fourth-order valence-electron chi connectivity index (χ4n) is 1.29. The van der Waals surface area contributed by atoms with Gasteiger partial charge in [-0.3, -0.25) is 4.84 Å². The number of ether oxygens (including phenoxy) is 1. The number of hydrogen-bond acceptors (Lipinski definition) is 3. The Bertz CT molecular complexity index is 338. The van der Waals surface area contributed by atoms with Gasteiger partial charge in [0, 0.05) is 6.54 Å². The largest absolute Gasteiger partial charge is 0.443 e. The summed E-state index contributed by atoms with van der Waals surface area (Å²) in [4.78, 5) is 17.0. The molecule has 4 heteroatoms. The van der Waals surface area contributed by atoms with Gasteiger partial charge in [0.1, 0.15) is 6.61 Å². The molecular formula is C13H19NO3. The lowest BCUT2D eigenvalue weighted by Crippen LogP contribution is -2.33. The van der Waals surface area contributed by atoms with Crippen molar-refractivity contribution in [1.29, 1.82) is 0 Å². The van der Waals surface area contributed by atoms with Gasteiger partial charge < -0.3 is 4.74 Å². The molecule has 0 N–H and O–H groups in total. The highest BCUT2D eigenvalue weighted by Crippen LogP contribution is 2.05. The zero-order chi connectivity index (χ0) is 12.7. The number of carbonyl (C=O) groups excluding carboxylic acids is 1. The summed E-state index contributed by atoms with van der Waals surface area (Å²) in [7, 11) is 0. The molecule has 0 aliphatic rings. The van der Waals surface area contributed by atoms with Crippen LogP contribution in [-0.2, 0) is 16.2 Å². The van der Waals surface area contributed by atoms with Gasteiger partial charge >= 0.3 is 6.09 Å². The minimum Gasteiger partial charge on any atom is -0.443 e. The van der Waals surface area contributed by atoms with Gasteiger partial charge in [-0.1, -0.05) is 30.3 Å². The third kappa shape index (κ3) is 4.87. The number of hydroxylamine groups is 2. The van der Waals surface area contributed by atoms with Crippen LogP contribution in [0.25, 0.3) is 0 Å². The van der Waals surface area contributed by atoms with Crippen LogP contribution >= 0.6 is 0 Å². The lowest BCUT2D eigenvalue weighted by atomic mass is 10.2. The Morgan fingerprint density at radius 3 is 2.47 bits per heavy atom. The zero-order valence-electron chi connectivity index (χ0n) is 10.6. The highest BCUT2D eigenvalue weighted by atomic mass is 16.7. The average Bonchev–Trinajstić information content (AvgIpc) is 2.34. The Balaban J connectivity index is 2.42. The van der Waals surface area contributed by atoms with Gasteiger partial charge in [0.2, 0.25) is 0 Å². The lowest BCUT2D eigenvalue weighted by Gasteiger charge is -2.21. The maximum absolute atomic E-state index is 11.7. The fourth-order valence-corrected chi connectivity index (χ4v) is 1.29. The van der Waals surface area contributed by atoms with Crippen molar-refractivity contribution in [3.8, 4) is 0 Å². The first-order valence-electron chi connectivity index (χ1n) is 5.78.